The van der Waals surface area contributed by atoms with Crippen LogP contribution in [0.5, 0.6) is 0 Å². The summed E-state index contributed by atoms with van der Waals surface area (Å²) in [6.45, 7) is -0.400. The molecule has 0 spiro atoms. The highest BCUT2D eigenvalue weighted by Gasteiger charge is 1.97. The molecule has 0 N–H and O–H groups in total. The molecule has 0 unspecified atom stereocenters. The minimum absolute atomic E-state index is 0.133. The fraction of sp³-hybridized carbons (Fsp3) is 1.00. The summed E-state index contributed by atoms with van der Waals surface area (Å²) in [5, 5.41) is 30.3. The van der Waals surface area contributed by atoms with Gasteiger partial charge in [0, 0.05) is 0 Å². The molecule has 0 aromatic carbocycles. The average molecular weight is 163 g/mol. The largest absolute Gasteiger partial charge is 0.854 e. The molecule has 0 aliphatic carbocycles. The summed E-state index contributed by atoms with van der Waals surface area (Å²) < 4.78 is 0. The monoisotopic (exact) mass is 163 g/mol. The van der Waals surface area contributed by atoms with Gasteiger partial charge in [-0.25, -0.2) is 0 Å². The Hall–Kier alpha value is 0.310. The van der Waals surface area contributed by atoms with Crippen LogP contribution in [0.4, 0.5) is 0 Å². The van der Waals surface area contributed by atoms with Crippen molar-refractivity contribution in [3.05, 3.63) is 0 Å². The Kier molecular flexibility index (Phi) is 7.65. The van der Waals surface area contributed by atoms with Crippen molar-refractivity contribution < 1.29 is 15.3 Å². The quantitative estimate of drug-likeness (QED) is 0.408. The first kappa shape index (κ1) is 10.3. The molecule has 0 saturated carbocycles. The van der Waals surface area contributed by atoms with E-state index in [4.69, 9.17) is 0 Å². The lowest BCUT2D eigenvalue weighted by Gasteiger charge is -2.21. The molecule has 0 rings (SSSR count). The number of hydrogen-bond donors (Lipinski definition) is 0. The van der Waals surface area contributed by atoms with Gasteiger partial charge in [-0.15, -0.1) is 27.7 Å². The molecule has 0 radical (unpaired) electrons. The van der Waals surface area contributed by atoms with Gasteiger partial charge in [0.1, 0.15) is 0 Å². The molecule has 62 valence electrons. The highest BCUT2D eigenvalue weighted by molar-refractivity contribution is 7.57. The maximum Gasteiger partial charge on any atom is -0.0481 e. The van der Waals surface area contributed by atoms with E-state index in [0.29, 0.717) is 18.5 Å². The summed E-state index contributed by atoms with van der Waals surface area (Å²) in [6, 6.07) is 0. The smallest absolute Gasteiger partial charge is 0.0481 e. The molecule has 3 nitrogen and oxygen atoms in total. The Morgan fingerprint density at radius 2 is 1.00 bits per heavy atom. The van der Waals surface area contributed by atoms with Gasteiger partial charge in [0.15, 0.2) is 0 Å². The van der Waals surface area contributed by atoms with Crippen molar-refractivity contribution in [3.8, 4) is 0 Å². The molecular weight excluding hydrogens is 151 g/mol. The van der Waals surface area contributed by atoms with Crippen molar-refractivity contribution in [2.24, 2.45) is 0 Å². The topological polar surface area (TPSA) is 69.2 Å². The minimum Gasteiger partial charge on any atom is -0.854 e. The predicted octanol–water partition coefficient (Wildman–Crippen LogP) is -2.45. The summed E-state index contributed by atoms with van der Waals surface area (Å²) in [4.78, 5) is 0. The zero-order valence-corrected chi connectivity index (χ0v) is 6.81. The summed E-state index contributed by atoms with van der Waals surface area (Å²) >= 11 is 0. The van der Waals surface area contributed by atoms with Gasteiger partial charge < -0.3 is 15.3 Å². The number of hydrogen-bond acceptors (Lipinski definition) is 3. The fourth-order valence-corrected chi connectivity index (χ4v) is 2.17. The van der Waals surface area contributed by atoms with Crippen LogP contribution in [0, 0.1) is 0 Å². The average Bonchev–Trinajstić information content (AvgIpc) is 1.90. The van der Waals surface area contributed by atoms with Gasteiger partial charge in [0.05, 0.1) is 0 Å². The van der Waals surface area contributed by atoms with Gasteiger partial charge in [-0.1, -0.05) is 0 Å². The molecule has 0 amide bonds. The zero-order chi connectivity index (χ0) is 7.82. The van der Waals surface area contributed by atoms with E-state index in [0.717, 1.165) is 0 Å². The number of rotatable bonds is 6. The fourth-order valence-electron chi connectivity index (χ4n) is 0.723. The van der Waals surface area contributed by atoms with E-state index in [1.165, 1.54) is 0 Å². The maximum atomic E-state index is 10.1. The third-order valence-electron chi connectivity index (χ3n) is 1.22. The predicted molar refractivity (Wildman–Crippen MR) is 36.1 cm³/mol. The Morgan fingerprint density at radius 1 is 0.700 bits per heavy atom. The van der Waals surface area contributed by atoms with E-state index in [-0.39, 0.29) is 19.8 Å². The summed E-state index contributed by atoms with van der Waals surface area (Å²) in [6.07, 6.45) is 1.67. The van der Waals surface area contributed by atoms with E-state index in [1.54, 1.807) is 0 Å². The summed E-state index contributed by atoms with van der Waals surface area (Å²) in [5.41, 5.74) is 0. The van der Waals surface area contributed by atoms with Gasteiger partial charge >= 0.3 is 0 Å². The van der Waals surface area contributed by atoms with Crippen molar-refractivity contribution in [2.45, 2.75) is 0 Å². The third kappa shape index (κ3) is 5.12. The van der Waals surface area contributed by atoms with E-state index < -0.39 is 7.92 Å². The highest BCUT2D eigenvalue weighted by Crippen LogP contribution is 2.32. The minimum atomic E-state index is -0.498. The van der Waals surface area contributed by atoms with Crippen LogP contribution in [-0.2, 0) is 0 Å². The van der Waals surface area contributed by atoms with Crippen molar-refractivity contribution in [1.82, 2.24) is 0 Å². The van der Waals surface area contributed by atoms with Crippen LogP contribution in [0.15, 0.2) is 0 Å². The summed E-state index contributed by atoms with van der Waals surface area (Å²) in [7, 11) is -0.498. The molecule has 0 aromatic rings. The normalized spacial score (nSPS) is 10.8. The van der Waals surface area contributed by atoms with Crippen LogP contribution < -0.4 is 15.3 Å². The van der Waals surface area contributed by atoms with Gasteiger partial charge in [-0.3, -0.25) is 0 Å². The molecule has 10 heavy (non-hydrogen) atoms. The van der Waals surface area contributed by atoms with E-state index in [2.05, 4.69) is 0 Å². The van der Waals surface area contributed by atoms with Crippen LogP contribution in [-0.4, -0.2) is 38.3 Å². The summed E-state index contributed by atoms with van der Waals surface area (Å²) in [5.74, 6) is 0. The molecule has 0 bridgehead atoms. The maximum absolute atomic E-state index is 10.1. The molecule has 0 heterocycles. The third-order valence-corrected chi connectivity index (χ3v) is 3.67. The lowest BCUT2D eigenvalue weighted by atomic mass is 10.8. The Morgan fingerprint density at radius 3 is 1.20 bits per heavy atom. The van der Waals surface area contributed by atoms with Gasteiger partial charge in [0.25, 0.3) is 0 Å². The first-order valence-corrected chi connectivity index (χ1v) is 5.21. The lowest BCUT2D eigenvalue weighted by Crippen LogP contribution is -2.19. The Labute approximate surface area is 62.4 Å². The van der Waals surface area contributed by atoms with Crippen LogP contribution in [0.2, 0.25) is 0 Å². The van der Waals surface area contributed by atoms with E-state index in [1.807, 2.05) is 0 Å². The molecule has 0 fully saturated rings. The zero-order valence-electron chi connectivity index (χ0n) is 5.91. The van der Waals surface area contributed by atoms with E-state index >= 15 is 0 Å². The highest BCUT2D eigenvalue weighted by atomic mass is 31.1. The first-order valence-electron chi connectivity index (χ1n) is 3.31. The van der Waals surface area contributed by atoms with Crippen molar-refractivity contribution in [1.29, 1.82) is 0 Å². The van der Waals surface area contributed by atoms with Crippen LogP contribution in [0.3, 0.4) is 0 Å². The van der Waals surface area contributed by atoms with Crippen LogP contribution in [0.1, 0.15) is 0 Å². The van der Waals surface area contributed by atoms with E-state index in [9.17, 15) is 15.3 Å². The van der Waals surface area contributed by atoms with Crippen molar-refractivity contribution in [2.75, 3.05) is 38.3 Å². The second-order valence-electron chi connectivity index (χ2n) is 1.95. The van der Waals surface area contributed by atoms with Crippen molar-refractivity contribution in [3.63, 3.8) is 0 Å². The molecule has 0 saturated heterocycles. The second kappa shape index (κ2) is 7.42. The van der Waals surface area contributed by atoms with Gasteiger partial charge in [0.2, 0.25) is 0 Å². The standard InChI is InChI=1S/C6H12O3P/c7-1-4-10(5-2-8)6-3-9/h1-6H2/q-3. The van der Waals surface area contributed by atoms with Gasteiger partial charge in [-0.2, -0.15) is 0 Å². The molecule has 0 aliphatic heterocycles. The van der Waals surface area contributed by atoms with Crippen molar-refractivity contribution >= 4 is 7.92 Å². The SMILES string of the molecule is [O-]CCP(CC[O-])CC[O-]. The molecule has 0 aromatic heterocycles. The molecular formula is C6H12O3P-3. The Balaban J connectivity index is 3.30. The molecule has 4 heteroatoms. The van der Waals surface area contributed by atoms with Crippen LogP contribution >= 0.6 is 7.92 Å². The van der Waals surface area contributed by atoms with Crippen LogP contribution in [0.25, 0.3) is 0 Å². The lowest BCUT2D eigenvalue weighted by molar-refractivity contribution is -0.363. The van der Waals surface area contributed by atoms with Gasteiger partial charge in [-0.05, 0) is 18.5 Å². The molecule has 0 atom stereocenters. The first-order chi connectivity index (χ1) is 4.85. The Bertz CT molecular complexity index is 55.7. The molecule has 0 aliphatic rings. The second-order valence-corrected chi connectivity index (χ2v) is 4.64.